The summed E-state index contributed by atoms with van der Waals surface area (Å²) in [7, 11) is 3.66. The van der Waals surface area contributed by atoms with E-state index in [4.69, 9.17) is 0 Å². The Balaban J connectivity index is 2.74. The van der Waals surface area contributed by atoms with Crippen molar-refractivity contribution in [2.45, 2.75) is 33.1 Å². The minimum absolute atomic E-state index is 0.150. The summed E-state index contributed by atoms with van der Waals surface area (Å²) >= 11 is 0. The molecule has 2 nitrogen and oxygen atoms in total. The molecule has 13 heavy (non-hydrogen) atoms. The number of carbonyl (C=O) groups excluding carboxylic acids is 1. The first-order chi connectivity index (χ1) is 5.96. The van der Waals surface area contributed by atoms with Gasteiger partial charge in [-0.25, -0.2) is 0 Å². The normalized spacial score (nSPS) is 28.2. The maximum atomic E-state index is 11.8. The van der Waals surface area contributed by atoms with Crippen molar-refractivity contribution in [2.75, 3.05) is 14.1 Å². The number of carbonyl (C=O) groups is 1. The van der Waals surface area contributed by atoms with Crippen molar-refractivity contribution < 1.29 is 4.79 Å². The van der Waals surface area contributed by atoms with Crippen LogP contribution in [0.25, 0.3) is 0 Å². The topological polar surface area (TPSA) is 20.3 Å². The van der Waals surface area contributed by atoms with Crippen LogP contribution in [-0.4, -0.2) is 24.9 Å². The van der Waals surface area contributed by atoms with Gasteiger partial charge in [-0.05, 0) is 26.2 Å². The minimum Gasteiger partial charge on any atom is -0.348 e. The third kappa shape index (κ3) is 2.11. The Kier molecular flexibility index (Phi) is 2.79. The number of nitrogens with zero attached hydrogens (tertiary/aromatic N) is 1. The van der Waals surface area contributed by atoms with Gasteiger partial charge in [0.1, 0.15) is 0 Å². The molecular formula is C11H19NO. The average Bonchev–Trinajstić information content (AvgIpc) is 2.09. The molecule has 0 fully saturated rings. The molecule has 0 heterocycles. The molecule has 0 aromatic rings. The highest BCUT2D eigenvalue weighted by Gasteiger charge is 2.34. The van der Waals surface area contributed by atoms with E-state index < -0.39 is 0 Å². The van der Waals surface area contributed by atoms with Crippen LogP contribution in [0.15, 0.2) is 11.6 Å². The Morgan fingerprint density at radius 2 is 2.15 bits per heavy atom. The summed E-state index contributed by atoms with van der Waals surface area (Å²) in [5, 5.41) is 0. The molecule has 0 aromatic heterocycles. The maximum absolute atomic E-state index is 11.8. The molecule has 0 spiro atoms. The van der Waals surface area contributed by atoms with E-state index in [9.17, 15) is 4.79 Å². The van der Waals surface area contributed by atoms with E-state index in [1.165, 1.54) is 5.57 Å². The lowest BCUT2D eigenvalue weighted by Crippen LogP contribution is -2.38. The summed E-state index contributed by atoms with van der Waals surface area (Å²) in [5.41, 5.74) is 1.27. The van der Waals surface area contributed by atoms with Gasteiger partial charge in [0.2, 0.25) is 5.91 Å². The highest BCUT2D eigenvalue weighted by Crippen LogP contribution is 2.35. The molecule has 1 amide bonds. The number of amides is 1. The van der Waals surface area contributed by atoms with E-state index >= 15 is 0 Å². The van der Waals surface area contributed by atoms with Crippen molar-refractivity contribution in [3.63, 3.8) is 0 Å². The van der Waals surface area contributed by atoms with Gasteiger partial charge in [0.05, 0.1) is 5.41 Å². The fraction of sp³-hybridized carbons (Fsp3) is 0.727. The molecule has 1 atom stereocenters. The van der Waals surface area contributed by atoms with E-state index in [-0.39, 0.29) is 11.3 Å². The Labute approximate surface area is 80.6 Å². The minimum atomic E-state index is -0.150. The van der Waals surface area contributed by atoms with Crippen molar-refractivity contribution in [2.24, 2.45) is 5.41 Å². The first-order valence-electron chi connectivity index (χ1n) is 4.83. The van der Waals surface area contributed by atoms with Crippen LogP contribution in [0.4, 0.5) is 0 Å². The van der Waals surface area contributed by atoms with Crippen LogP contribution in [0.2, 0.25) is 0 Å². The quantitative estimate of drug-likeness (QED) is 0.568. The smallest absolute Gasteiger partial charge is 0.228 e. The van der Waals surface area contributed by atoms with Gasteiger partial charge in [0.15, 0.2) is 0 Å². The maximum Gasteiger partial charge on any atom is 0.228 e. The second-order valence-electron chi connectivity index (χ2n) is 4.51. The van der Waals surface area contributed by atoms with E-state index in [0.29, 0.717) is 0 Å². The monoisotopic (exact) mass is 181 g/mol. The zero-order valence-corrected chi connectivity index (χ0v) is 9.05. The summed E-state index contributed by atoms with van der Waals surface area (Å²) in [6.45, 7) is 4.21. The van der Waals surface area contributed by atoms with Crippen LogP contribution >= 0.6 is 0 Å². The Hall–Kier alpha value is -0.790. The molecule has 0 saturated carbocycles. The Bertz CT molecular complexity index is 242. The summed E-state index contributed by atoms with van der Waals surface area (Å²) in [6, 6.07) is 0. The molecule has 0 saturated heterocycles. The molecule has 0 aliphatic heterocycles. The van der Waals surface area contributed by atoms with Gasteiger partial charge in [-0.3, -0.25) is 4.79 Å². The van der Waals surface area contributed by atoms with E-state index in [1.54, 1.807) is 4.90 Å². The zero-order valence-electron chi connectivity index (χ0n) is 9.05. The SMILES string of the molecule is CC1=CCC(C)(C(=O)N(C)C)CC1. The van der Waals surface area contributed by atoms with Crippen molar-refractivity contribution >= 4 is 5.91 Å². The lowest BCUT2D eigenvalue weighted by molar-refractivity contribution is -0.139. The molecule has 1 aliphatic carbocycles. The van der Waals surface area contributed by atoms with Gasteiger partial charge >= 0.3 is 0 Å². The van der Waals surface area contributed by atoms with Crippen LogP contribution in [0.1, 0.15) is 33.1 Å². The van der Waals surface area contributed by atoms with E-state index in [0.717, 1.165) is 19.3 Å². The van der Waals surface area contributed by atoms with Crippen LogP contribution in [-0.2, 0) is 4.79 Å². The zero-order chi connectivity index (χ0) is 10.1. The summed E-state index contributed by atoms with van der Waals surface area (Å²) in [4.78, 5) is 13.5. The van der Waals surface area contributed by atoms with E-state index in [1.807, 2.05) is 14.1 Å². The van der Waals surface area contributed by atoms with Gasteiger partial charge in [-0.2, -0.15) is 0 Å². The lowest BCUT2D eigenvalue weighted by Gasteiger charge is -2.33. The fourth-order valence-electron chi connectivity index (χ4n) is 1.81. The van der Waals surface area contributed by atoms with Crippen LogP contribution in [0.3, 0.4) is 0 Å². The second-order valence-corrected chi connectivity index (χ2v) is 4.51. The van der Waals surface area contributed by atoms with Crippen molar-refractivity contribution in [1.82, 2.24) is 4.90 Å². The molecule has 1 unspecified atom stereocenters. The number of rotatable bonds is 1. The highest BCUT2D eigenvalue weighted by molar-refractivity contribution is 5.82. The van der Waals surface area contributed by atoms with Gasteiger partial charge in [0.25, 0.3) is 0 Å². The first kappa shape index (κ1) is 10.3. The number of hydrogen-bond donors (Lipinski definition) is 0. The van der Waals surface area contributed by atoms with Crippen LogP contribution < -0.4 is 0 Å². The van der Waals surface area contributed by atoms with Crippen molar-refractivity contribution in [1.29, 1.82) is 0 Å². The molecule has 0 N–H and O–H groups in total. The van der Waals surface area contributed by atoms with Crippen LogP contribution in [0, 0.1) is 5.41 Å². The molecule has 0 radical (unpaired) electrons. The van der Waals surface area contributed by atoms with Gasteiger partial charge in [-0.15, -0.1) is 0 Å². The Morgan fingerprint density at radius 1 is 1.54 bits per heavy atom. The van der Waals surface area contributed by atoms with Gasteiger partial charge in [-0.1, -0.05) is 18.6 Å². The first-order valence-corrected chi connectivity index (χ1v) is 4.83. The molecule has 2 heteroatoms. The highest BCUT2D eigenvalue weighted by atomic mass is 16.2. The molecular weight excluding hydrogens is 162 g/mol. The van der Waals surface area contributed by atoms with Crippen LogP contribution in [0.5, 0.6) is 0 Å². The molecule has 1 aliphatic rings. The lowest BCUT2D eigenvalue weighted by atomic mass is 9.76. The largest absolute Gasteiger partial charge is 0.348 e. The number of hydrogen-bond acceptors (Lipinski definition) is 1. The molecule has 74 valence electrons. The summed E-state index contributed by atoms with van der Waals surface area (Å²) < 4.78 is 0. The fourth-order valence-corrected chi connectivity index (χ4v) is 1.81. The standard InChI is InChI=1S/C11H19NO/c1-9-5-7-11(2,8-6-9)10(13)12(3)4/h5H,6-8H2,1-4H3. The molecule has 0 bridgehead atoms. The number of allylic oxidation sites excluding steroid dienone is 2. The summed E-state index contributed by atoms with van der Waals surface area (Å²) in [5.74, 6) is 0.260. The van der Waals surface area contributed by atoms with Gasteiger partial charge in [0, 0.05) is 14.1 Å². The predicted molar refractivity (Wildman–Crippen MR) is 54.4 cm³/mol. The van der Waals surface area contributed by atoms with Crippen molar-refractivity contribution in [3.05, 3.63) is 11.6 Å². The third-order valence-corrected chi connectivity index (χ3v) is 2.89. The Morgan fingerprint density at radius 3 is 2.54 bits per heavy atom. The van der Waals surface area contributed by atoms with E-state index in [2.05, 4.69) is 19.9 Å². The third-order valence-electron chi connectivity index (χ3n) is 2.89. The summed E-state index contributed by atoms with van der Waals surface area (Å²) in [6.07, 6.45) is 5.16. The predicted octanol–water partition coefficient (Wildman–Crippen LogP) is 2.21. The molecule has 0 aromatic carbocycles. The van der Waals surface area contributed by atoms with Crippen molar-refractivity contribution in [3.8, 4) is 0 Å². The second kappa shape index (κ2) is 3.52. The average molecular weight is 181 g/mol. The van der Waals surface area contributed by atoms with Gasteiger partial charge < -0.3 is 4.90 Å². The molecule has 1 rings (SSSR count).